The molecule has 0 spiro atoms. The van der Waals surface area contributed by atoms with Crippen LogP contribution in [0.4, 0.5) is 0 Å². The Bertz CT molecular complexity index is 177. The van der Waals surface area contributed by atoms with Crippen molar-refractivity contribution >= 4 is 21.6 Å². The summed E-state index contributed by atoms with van der Waals surface area (Å²) in [6.07, 6.45) is 8.16. The Labute approximate surface area is 66.6 Å². The average molecular weight is 229 g/mol. The number of hydrogen-bond acceptors (Lipinski definition) is 0. The molecular weight excluding hydrogens is 218 g/mol. The van der Waals surface area contributed by atoms with Gasteiger partial charge in [0.15, 0.2) is 0 Å². The molecule has 0 N–H and O–H groups in total. The summed E-state index contributed by atoms with van der Waals surface area (Å²) in [7, 11) is 0. The summed E-state index contributed by atoms with van der Waals surface area (Å²) in [4.78, 5) is 0. The van der Waals surface area contributed by atoms with E-state index in [4.69, 9.17) is 0 Å². The van der Waals surface area contributed by atoms with E-state index in [1.165, 1.54) is 25.7 Å². The average Bonchev–Trinajstić information content (AvgIpc) is 2.33. The topological polar surface area (TPSA) is 0 Å². The molecule has 1 heteroatoms. The number of hydrogen-bond donors (Lipinski definition) is 0. The van der Waals surface area contributed by atoms with Crippen molar-refractivity contribution in [1.82, 2.24) is 0 Å². The van der Waals surface area contributed by atoms with Crippen LogP contribution in [0.5, 0.6) is 0 Å². The van der Waals surface area contributed by atoms with Crippen molar-refractivity contribution in [3.8, 4) is 0 Å². The Hall–Kier alpha value is 0.298. The first-order valence-electron chi connectivity index (χ1n) is 3.62. The summed E-state index contributed by atoms with van der Waals surface area (Å²) < 4.78 is 4.36. The first-order chi connectivity index (χ1) is 4.47. The predicted octanol–water partition coefficient (Wildman–Crippen LogP) is 1.78. The molecule has 0 aromatic carbocycles. The summed E-state index contributed by atoms with van der Waals surface area (Å²) in [5.74, 6) is 0. The van der Waals surface area contributed by atoms with Gasteiger partial charge in [0.25, 0.3) is 0 Å². The first-order valence-corrected chi connectivity index (χ1v) is 6.69. The molecule has 0 bridgehead atoms. The van der Waals surface area contributed by atoms with Gasteiger partial charge in [-0.25, -0.2) is 0 Å². The Morgan fingerprint density at radius 2 is 2.11 bits per heavy atom. The molecule has 0 nitrogen and oxygen atoms in total. The van der Waals surface area contributed by atoms with Crippen LogP contribution in [-0.2, 0) is 0 Å². The molecule has 0 amide bonds. The van der Waals surface area contributed by atoms with E-state index in [0.717, 1.165) is 0 Å². The normalized spacial score (nSPS) is 24.9. The summed E-state index contributed by atoms with van der Waals surface area (Å²) in [6, 6.07) is 0. The fourth-order valence-corrected chi connectivity index (χ4v) is 4.95. The molecule has 0 atom stereocenters. The summed E-state index contributed by atoms with van der Waals surface area (Å²) in [5, 5.41) is 0. The van der Waals surface area contributed by atoms with Crippen molar-refractivity contribution in [3.63, 3.8) is 0 Å². The standard InChI is InChI=1S/C8H10.Sb.H/c1-2-8-6-4-3-5-7-8;;/h1-2H,3-6H2;;. The second kappa shape index (κ2) is 2.50. The summed E-state index contributed by atoms with van der Waals surface area (Å²) >= 11 is -0.0996. The van der Waals surface area contributed by atoms with E-state index in [1.807, 2.05) is 3.52 Å². The molecule has 9 heavy (non-hydrogen) atoms. The molecule has 0 aromatic heterocycles. The van der Waals surface area contributed by atoms with Gasteiger partial charge in [-0.05, 0) is 0 Å². The van der Waals surface area contributed by atoms with Gasteiger partial charge in [0.1, 0.15) is 0 Å². The van der Waals surface area contributed by atoms with E-state index in [-0.39, 0.29) is 21.6 Å². The van der Waals surface area contributed by atoms with Crippen molar-refractivity contribution in [2.45, 2.75) is 25.7 Å². The van der Waals surface area contributed by atoms with Crippen molar-refractivity contribution in [3.05, 3.63) is 19.2 Å². The molecule has 48 valence electrons. The van der Waals surface area contributed by atoms with E-state index >= 15 is 0 Å². The molecule has 0 saturated heterocycles. The Morgan fingerprint density at radius 1 is 1.22 bits per heavy atom. The van der Waals surface area contributed by atoms with Crippen molar-refractivity contribution in [2.24, 2.45) is 0 Å². The molecule has 1 heterocycles. The van der Waals surface area contributed by atoms with E-state index in [0.29, 0.717) is 0 Å². The van der Waals surface area contributed by atoms with Crippen LogP contribution in [0.1, 0.15) is 25.7 Å². The summed E-state index contributed by atoms with van der Waals surface area (Å²) in [5.41, 5.74) is 1.73. The first kappa shape index (κ1) is 6.04. The number of rotatable bonds is 0. The minimum atomic E-state index is -0.0996. The quantitative estimate of drug-likeness (QED) is 0.555. The molecular formula is C8H11Sb. The van der Waals surface area contributed by atoms with Crippen molar-refractivity contribution < 1.29 is 0 Å². The maximum atomic E-state index is 2.47. The molecule has 1 aliphatic carbocycles. The minimum absolute atomic E-state index is 0.0996. The third kappa shape index (κ3) is 1.10. The second-order valence-corrected chi connectivity index (χ2v) is 6.19. The van der Waals surface area contributed by atoms with Crippen LogP contribution < -0.4 is 0 Å². The zero-order valence-corrected chi connectivity index (χ0v) is 8.34. The third-order valence-corrected chi connectivity index (χ3v) is 5.63. The van der Waals surface area contributed by atoms with Crippen LogP contribution in [0.15, 0.2) is 19.2 Å². The van der Waals surface area contributed by atoms with Crippen LogP contribution in [0.2, 0.25) is 0 Å². The van der Waals surface area contributed by atoms with Gasteiger partial charge in [-0.2, -0.15) is 0 Å². The summed E-state index contributed by atoms with van der Waals surface area (Å²) in [6.45, 7) is 0. The van der Waals surface area contributed by atoms with E-state index in [2.05, 4.69) is 10.1 Å². The maximum absolute atomic E-state index is 2.47. The zero-order valence-electron chi connectivity index (χ0n) is 5.48. The Kier molecular flexibility index (Phi) is 1.68. The van der Waals surface area contributed by atoms with Gasteiger partial charge in [-0.15, -0.1) is 0 Å². The Morgan fingerprint density at radius 3 is 3.00 bits per heavy atom. The van der Waals surface area contributed by atoms with Crippen LogP contribution in [0.25, 0.3) is 0 Å². The van der Waals surface area contributed by atoms with Gasteiger partial charge in [0, 0.05) is 0 Å². The van der Waals surface area contributed by atoms with Gasteiger partial charge < -0.3 is 0 Å². The zero-order chi connectivity index (χ0) is 6.10. The molecule has 0 aromatic rings. The Balaban J connectivity index is 2.24. The van der Waals surface area contributed by atoms with Crippen LogP contribution in [0, 0.1) is 0 Å². The van der Waals surface area contributed by atoms with Gasteiger partial charge in [-0.1, -0.05) is 0 Å². The van der Waals surface area contributed by atoms with Gasteiger partial charge >= 0.3 is 66.5 Å². The second-order valence-electron chi connectivity index (χ2n) is 2.69. The predicted molar refractivity (Wildman–Crippen MR) is 41.8 cm³/mol. The molecule has 0 fully saturated rings. The third-order valence-electron chi connectivity index (χ3n) is 2.05. The SMILES string of the molecule is [CH]1=CC2=[C](CCCC2)[SbH]1. The van der Waals surface area contributed by atoms with E-state index in [1.54, 1.807) is 5.57 Å². The van der Waals surface area contributed by atoms with Gasteiger partial charge in [0.05, 0.1) is 0 Å². The fourth-order valence-electron chi connectivity index (χ4n) is 1.52. The van der Waals surface area contributed by atoms with Crippen LogP contribution >= 0.6 is 0 Å². The molecule has 0 unspecified atom stereocenters. The molecule has 2 aliphatic rings. The van der Waals surface area contributed by atoms with Crippen molar-refractivity contribution in [1.29, 1.82) is 0 Å². The number of allylic oxidation sites excluding steroid dienone is 3. The van der Waals surface area contributed by atoms with E-state index < -0.39 is 0 Å². The molecule has 1 aliphatic heterocycles. The van der Waals surface area contributed by atoms with Crippen LogP contribution in [-0.4, -0.2) is 21.6 Å². The van der Waals surface area contributed by atoms with Crippen molar-refractivity contribution in [2.75, 3.05) is 0 Å². The molecule has 0 radical (unpaired) electrons. The fraction of sp³-hybridized carbons (Fsp3) is 0.500. The van der Waals surface area contributed by atoms with Gasteiger partial charge in [-0.3, -0.25) is 0 Å². The monoisotopic (exact) mass is 228 g/mol. The molecule has 2 rings (SSSR count). The van der Waals surface area contributed by atoms with Gasteiger partial charge in [0.2, 0.25) is 0 Å². The molecule has 0 saturated carbocycles. The van der Waals surface area contributed by atoms with Crippen LogP contribution in [0.3, 0.4) is 0 Å². The van der Waals surface area contributed by atoms with E-state index in [9.17, 15) is 0 Å².